The van der Waals surface area contributed by atoms with Gasteiger partial charge in [0.05, 0.1) is 33.1 Å². The van der Waals surface area contributed by atoms with Crippen LogP contribution in [0.4, 0.5) is 8.78 Å². The van der Waals surface area contributed by atoms with E-state index in [0.717, 1.165) is 17.3 Å². The number of nitrogens with two attached hydrogens (primary N) is 1. The zero-order chi connectivity index (χ0) is 29.6. The first kappa shape index (κ1) is 31.4. The van der Waals surface area contributed by atoms with Crippen LogP contribution in [-0.2, 0) is 16.1 Å². The molecule has 2 aromatic rings. The fourth-order valence-electron chi connectivity index (χ4n) is 5.28. The molecule has 1 amide bonds. The van der Waals surface area contributed by atoms with E-state index in [1.165, 1.54) is 24.5 Å². The number of hydrogen-bond acceptors (Lipinski definition) is 6. The molecule has 1 aromatic heterocycles. The van der Waals surface area contributed by atoms with Crippen LogP contribution in [0.25, 0.3) is 0 Å². The minimum Gasteiger partial charge on any atom is -0.481 e. The second kappa shape index (κ2) is 13.5. The van der Waals surface area contributed by atoms with Crippen LogP contribution in [-0.4, -0.2) is 39.8 Å². The van der Waals surface area contributed by atoms with E-state index in [2.05, 4.69) is 15.6 Å². The first-order valence-electron chi connectivity index (χ1n) is 12.8. The Morgan fingerprint density at radius 1 is 1.18 bits per heavy atom. The van der Waals surface area contributed by atoms with Gasteiger partial charge >= 0.3 is 5.97 Å². The molecule has 1 fully saturated rings. The molecular weight excluding hydrogens is 565 g/mol. The van der Waals surface area contributed by atoms with E-state index in [-0.39, 0.29) is 52.2 Å². The van der Waals surface area contributed by atoms with Gasteiger partial charge in [0.2, 0.25) is 6.41 Å². The second-order valence-electron chi connectivity index (χ2n) is 10.3. The molecule has 12 heteroatoms. The Balaban J connectivity index is 0.000000307. The highest BCUT2D eigenvalue weighted by atomic mass is 35.5. The predicted octanol–water partition coefficient (Wildman–Crippen LogP) is 5.03. The number of nitrogens with zero attached hydrogens (tertiary/aromatic N) is 1. The maximum atomic E-state index is 13.0. The zero-order valence-electron chi connectivity index (χ0n) is 22.1. The first-order valence-corrected chi connectivity index (χ1v) is 13.6. The largest absolute Gasteiger partial charge is 0.481 e. The van der Waals surface area contributed by atoms with Gasteiger partial charge in [-0.15, -0.1) is 0 Å². The molecule has 216 valence electrons. The van der Waals surface area contributed by atoms with Crippen LogP contribution in [0.2, 0.25) is 10.0 Å². The standard InChI is InChI=1S/C20H25Cl2N3O3.C8H7F2NO/c1-10(2)17-12(7-15(26)16-13(21)8-24-9-14(16)22)18(23)20(25-17)5-3-11(4-6-20)19(27)28;9-7-1-6(4-11-5-12)2-8(10)3-7/h8-11,18,25H,3-7,23H2,1-2H3,(H,27,28);1-3,5H,4H2,(H,11,12)/t11?,18-,20?;/m0./s1. The number of amides is 1. The van der Waals surface area contributed by atoms with Gasteiger partial charge in [-0.05, 0) is 54.9 Å². The minimum atomic E-state index is -0.754. The maximum Gasteiger partial charge on any atom is 0.306 e. The predicted molar refractivity (Wildman–Crippen MR) is 148 cm³/mol. The number of Topliss-reactive ketones (excluding diaryl/α,β-unsaturated/α-hetero) is 1. The number of hydrogen-bond donors (Lipinski definition) is 4. The Morgan fingerprint density at radius 2 is 1.75 bits per heavy atom. The van der Waals surface area contributed by atoms with Crippen molar-refractivity contribution in [3.05, 3.63) is 74.7 Å². The molecule has 40 heavy (non-hydrogen) atoms. The molecule has 0 bridgehead atoms. The summed E-state index contributed by atoms with van der Waals surface area (Å²) in [4.78, 5) is 38.0. The number of benzene rings is 1. The summed E-state index contributed by atoms with van der Waals surface area (Å²) in [6.07, 6.45) is 5.87. The number of ketones is 1. The minimum absolute atomic E-state index is 0.120. The van der Waals surface area contributed by atoms with Crippen molar-refractivity contribution in [3.8, 4) is 0 Å². The molecule has 1 aliphatic heterocycles. The van der Waals surface area contributed by atoms with Crippen molar-refractivity contribution in [2.24, 2.45) is 17.6 Å². The van der Waals surface area contributed by atoms with Crippen molar-refractivity contribution in [1.29, 1.82) is 0 Å². The molecule has 2 aliphatic rings. The third kappa shape index (κ3) is 7.35. The van der Waals surface area contributed by atoms with Gasteiger partial charge in [0, 0.05) is 37.1 Å². The summed E-state index contributed by atoms with van der Waals surface area (Å²) in [7, 11) is 0. The quantitative estimate of drug-likeness (QED) is 0.248. The van der Waals surface area contributed by atoms with Gasteiger partial charge in [0.25, 0.3) is 0 Å². The molecule has 1 aliphatic carbocycles. The summed E-state index contributed by atoms with van der Waals surface area (Å²) in [6.45, 7) is 4.24. The van der Waals surface area contributed by atoms with Crippen molar-refractivity contribution in [1.82, 2.24) is 15.6 Å². The lowest BCUT2D eigenvalue weighted by molar-refractivity contribution is -0.143. The van der Waals surface area contributed by atoms with Crippen LogP contribution in [0.1, 0.15) is 61.9 Å². The molecule has 1 aromatic carbocycles. The average Bonchev–Trinajstić information content (AvgIpc) is 3.14. The van der Waals surface area contributed by atoms with Crippen LogP contribution in [0.5, 0.6) is 0 Å². The third-order valence-electron chi connectivity index (χ3n) is 7.30. The van der Waals surface area contributed by atoms with E-state index >= 15 is 0 Å². The SMILES string of the molecule is CC(C)C1=C(CC(=O)c2c(Cl)cncc2Cl)[C@H](N)C2(CCC(C(=O)O)CC2)N1.O=CNCc1cc(F)cc(F)c1. The Morgan fingerprint density at radius 3 is 2.25 bits per heavy atom. The van der Waals surface area contributed by atoms with E-state index in [0.29, 0.717) is 37.7 Å². The molecule has 1 saturated carbocycles. The van der Waals surface area contributed by atoms with Crippen LogP contribution >= 0.6 is 23.2 Å². The number of carboxylic acid groups (broad SMARTS) is 1. The number of rotatable bonds is 8. The highest BCUT2D eigenvalue weighted by Gasteiger charge is 2.48. The lowest BCUT2D eigenvalue weighted by atomic mass is 9.72. The number of carbonyl (C=O) groups excluding carboxylic acids is 2. The van der Waals surface area contributed by atoms with Crippen LogP contribution in [0.15, 0.2) is 41.9 Å². The molecule has 0 unspecified atom stereocenters. The normalized spacial score (nSPS) is 22.0. The fourth-order valence-corrected chi connectivity index (χ4v) is 5.85. The maximum absolute atomic E-state index is 13.0. The van der Waals surface area contributed by atoms with Crippen LogP contribution in [0.3, 0.4) is 0 Å². The van der Waals surface area contributed by atoms with Gasteiger partial charge in [-0.3, -0.25) is 19.4 Å². The molecule has 0 radical (unpaired) electrons. The first-order chi connectivity index (χ1) is 18.9. The molecule has 1 spiro atoms. The zero-order valence-corrected chi connectivity index (χ0v) is 23.7. The van der Waals surface area contributed by atoms with E-state index in [1.807, 2.05) is 13.8 Å². The Kier molecular flexibility index (Phi) is 10.6. The number of pyridine rings is 1. The van der Waals surface area contributed by atoms with Gasteiger partial charge in [-0.25, -0.2) is 8.78 Å². The molecule has 0 saturated heterocycles. The molecule has 5 N–H and O–H groups in total. The lowest BCUT2D eigenvalue weighted by Gasteiger charge is -2.41. The summed E-state index contributed by atoms with van der Waals surface area (Å²) >= 11 is 12.3. The van der Waals surface area contributed by atoms with Crippen molar-refractivity contribution in [2.45, 2.75) is 64.1 Å². The highest BCUT2D eigenvalue weighted by molar-refractivity contribution is 6.39. The van der Waals surface area contributed by atoms with E-state index in [4.69, 9.17) is 28.9 Å². The Bertz CT molecular complexity index is 1260. The van der Waals surface area contributed by atoms with Crippen molar-refractivity contribution >= 4 is 41.4 Å². The summed E-state index contributed by atoms with van der Waals surface area (Å²) in [5, 5.41) is 15.6. The number of nitrogens with one attached hydrogen (secondary N) is 2. The number of carboxylic acids is 1. The molecule has 2 heterocycles. The Labute approximate surface area is 241 Å². The summed E-state index contributed by atoms with van der Waals surface area (Å²) < 4.78 is 25.0. The topological polar surface area (TPSA) is 134 Å². The van der Waals surface area contributed by atoms with E-state index < -0.39 is 23.1 Å². The molecule has 8 nitrogen and oxygen atoms in total. The van der Waals surface area contributed by atoms with Crippen LogP contribution in [0, 0.1) is 23.5 Å². The number of carbonyl (C=O) groups is 3. The Hall–Kier alpha value is -3.08. The van der Waals surface area contributed by atoms with Crippen molar-refractivity contribution in [3.63, 3.8) is 0 Å². The van der Waals surface area contributed by atoms with Crippen LogP contribution < -0.4 is 16.4 Å². The highest BCUT2D eigenvalue weighted by Crippen LogP contribution is 2.43. The van der Waals surface area contributed by atoms with Crippen molar-refractivity contribution < 1.29 is 28.3 Å². The van der Waals surface area contributed by atoms with Gasteiger partial charge in [0.15, 0.2) is 5.78 Å². The molecule has 1 atom stereocenters. The monoisotopic (exact) mass is 596 g/mol. The average molecular weight is 597 g/mol. The lowest BCUT2D eigenvalue weighted by Crippen LogP contribution is -2.56. The summed E-state index contributed by atoms with van der Waals surface area (Å²) in [5.41, 5.74) is 8.74. The fraction of sp³-hybridized carbons (Fsp3) is 0.429. The van der Waals surface area contributed by atoms with Gasteiger partial charge < -0.3 is 21.5 Å². The molecule has 4 rings (SSSR count). The molecular formula is C28H32Cl2F2N4O4. The number of aliphatic carboxylic acids is 1. The van der Waals surface area contributed by atoms with Gasteiger partial charge in [-0.2, -0.15) is 0 Å². The number of halogens is 4. The van der Waals surface area contributed by atoms with E-state index in [1.54, 1.807) is 0 Å². The van der Waals surface area contributed by atoms with E-state index in [9.17, 15) is 28.3 Å². The number of allylic oxidation sites excluding steroid dienone is 1. The van der Waals surface area contributed by atoms with Gasteiger partial charge in [-0.1, -0.05) is 37.0 Å². The van der Waals surface area contributed by atoms with Gasteiger partial charge in [0.1, 0.15) is 11.6 Å². The smallest absolute Gasteiger partial charge is 0.306 e. The summed E-state index contributed by atoms with van der Waals surface area (Å²) in [6, 6.07) is 2.76. The number of aromatic nitrogens is 1. The third-order valence-corrected chi connectivity index (χ3v) is 7.87. The summed E-state index contributed by atoms with van der Waals surface area (Å²) in [5.74, 6) is -2.40. The second-order valence-corrected chi connectivity index (χ2v) is 11.1. The van der Waals surface area contributed by atoms with Crippen molar-refractivity contribution in [2.75, 3.05) is 0 Å².